The highest BCUT2D eigenvalue weighted by Crippen LogP contribution is 2.23. The molecule has 3 N–H and O–H groups in total. The third-order valence-electron chi connectivity index (χ3n) is 3.41. The van der Waals surface area contributed by atoms with Crippen molar-refractivity contribution in [3.8, 4) is 5.75 Å². The zero-order valence-electron chi connectivity index (χ0n) is 11.2. The second-order valence-electron chi connectivity index (χ2n) is 5.21. The van der Waals surface area contributed by atoms with E-state index < -0.39 is 5.60 Å². The molecule has 0 unspecified atom stereocenters. The maximum Gasteiger partial charge on any atom is 0.218 e. The Hall–Kier alpha value is -1.66. The van der Waals surface area contributed by atoms with Crippen LogP contribution in [-0.2, 0) is 4.79 Å². The maximum absolute atomic E-state index is 12.8. The summed E-state index contributed by atoms with van der Waals surface area (Å²) in [6.07, 6.45) is 0.863. The van der Waals surface area contributed by atoms with Gasteiger partial charge in [0.2, 0.25) is 5.91 Å². The van der Waals surface area contributed by atoms with E-state index in [1.54, 1.807) is 0 Å². The van der Waals surface area contributed by atoms with Gasteiger partial charge in [0.1, 0.15) is 23.8 Å². The van der Waals surface area contributed by atoms with Gasteiger partial charge in [0.15, 0.2) is 0 Å². The molecule has 1 aromatic rings. The Balaban J connectivity index is 1.80. The number of ether oxygens (including phenoxy) is 1. The third kappa shape index (κ3) is 4.18. The smallest absolute Gasteiger partial charge is 0.218 e. The molecule has 0 spiro atoms. The first kappa shape index (κ1) is 14.7. The molecule has 5 nitrogen and oxygen atoms in total. The van der Waals surface area contributed by atoms with Crippen LogP contribution in [-0.4, -0.2) is 47.8 Å². The first-order valence-electron chi connectivity index (χ1n) is 6.58. The summed E-state index contributed by atoms with van der Waals surface area (Å²) >= 11 is 0. The molecule has 1 fully saturated rings. The lowest BCUT2D eigenvalue weighted by Gasteiger charge is -2.23. The molecule has 1 aliphatic heterocycles. The van der Waals surface area contributed by atoms with Gasteiger partial charge in [-0.05, 0) is 30.7 Å². The molecular weight excluding hydrogens is 263 g/mol. The highest BCUT2D eigenvalue weighted by molar-refractivity contribution is 5.73. The number of β-amino-alcohol motifs (C(OH)–C–C–N with tert-alkyl or cyclic N) is 1. The van der Waals surface area contributed by atoms with Crippen molar-refractivity contribution in [2.75, 3.05) is 26.2 Å². The maximum atomic E-state index is 12.8. The topological polar surface area (TPSA) is 75.8 Å². The van der Waals surface area contributed by atoms with Crippen molar-refractivity contribution in [2.24, 2.45) is 5.73 Å². The molecule has 1 aromatic carbocycles. The summed E-state index contributed by atoms with van der Waals surface area (Å²) in [5.74, 6) is -0.145. The van der Waals surface area contributed by atoms with Crippen LogP contribution in [0.5, 0.6) is 5.75 Å². The molecule has 0 saturated carbocycles. The number of aliphatic hydroxyl groups is 1. The number of halogens is 1. The van der Waals surface area contributed by atoms with Gasteiger partial charge in [-0.25, -0.2) is 4.39 Å². The summed E-state index contributed by atoms with van der Waals surface area (Å²) in [4.78, 5) is 12.7. The van der Waals surface area contributed by atoms with Crippen LogP contribution in [0, 0.1) is 5.82 Å². The summed E-state index contributed by atoms with van der Waals surface area (Å²) in [5, 5.41) is 10.4. The number of nitrogens with zero attached hydrogens (tertiary/aromatic N) is 1. The van der Waals surface area contributed by atoms with E-state index in [-0.39, 0.29) is 24.8 Å². The van der Waals surface area contributed by atoms with Crippen LogP contribution in [0.3, 0.4) is 0 Å². The SMILES string of the molecule is NC(=O)CCN1CC[C@](O)(COc2ccc(F)cc2)C1. The molecule has 20 heavy (non-hydrogen) atoms. The Morgan fingerprint density at radius 1 is 1.45 bits per heavy atom. The molecule has 0 aliphatic carbocycles. The molecule has 1 amide bonds. The third-order valence-corrected chi connectivity index (χ3v) is 3.41. The Bertz CT molecular complexity index is 466. The summed E-state index contributed by atoms with van der Waals surface area (Å²) < 4.78 is 18.2. The fraction of sp³-hybridized carbons (Fsp3) is 0.500. The lowest BCUT2D eigenvalue weighted by Crippen LogP contribution is -2.39. The van der Waals surface area contributed by atoms with Crippen molar-refractivity contribution in [1.82, 2.24) is 4.90 Å². The van der Waals surface area contributed by atoms with Crippen LogP contribution in [0.1, 0.15) is 12.8 Å². The van der Waals surface area contributed by atoms with E-state index in [0.717, 1.165) is 0 Å². The Kier molecular flexibility index (Phi) is 4.57. The minimum atomic E-state index is -0.938. The van der Waals surface area contributed by atoms with Crippen molar-refractivity contribution >= 4 is 5.91 Å². The van der Waals surface area contributed by atoms with E-state index in [2.05, 4.69) is 0 Å². The van der Waals surface area contributed by atoms with Crippen LogP contribution < -0.4 is 10.5 Å². The number of hydrogen-bond donors (Lipinski definition) is 2. The number of carbonyl (C=O) groups excluding carboxylic acids is 1. The molecule has 1 atom stereocenters. The zero-order valence-corrected chi connectivity index (χ0v) is 11.2. The summed E-state index contributed by atoms with van der Waals surface area (Å²) in [6.45, 7) is 1.85. The number of rotatable bonds is 6. The van der Waals surface area contributed by atoms with Crippen LogP contribution in [0.2, 0.25) is 0 Å². The fourth-order valence-corrected chi connectivity index (χ4v) is 2.27. The van der Waals surface area contributed by atoms with Gasteiger partial charge in [0, 0.05) is 26.1 Å². The van der Waals surface area contributed by atoms with Crippen LogP contribution in [0.15, 0.2) is 24.3 Å². The van der Waals surface area contributed by atoms with E-state index >= 15 is 0 Å². The van der Waals surface area contributed by atoms with Gasteiger partial charge in [-0.2, -0.15) is 0 Å². The van der Waals surface area contributed by atoms with Gasteiger partial charge >= 0.3 is 0 Å². The van der Waals surface area contributed by atoms with Gasteiger partial charge in [0.25, 0.3) is 0 Å². The monoisotopic (exact) mass is 282 g/mol. The standard InChI is InChI=1S/C14H19FN2O3/c15-11-1-3-12(4-2-11)20-10-14(19)6-8-17(9-14)7-5-13(16)18/h1-4,19H,5-10H2,(H2,16,18)/t14-/m1/s1. The van der Waals surface area contributed by atoms with Gasteiger partial charge in [-0.15, -0.1) is 0 Å². The minimum absolute atomic E-state index is 0.145. The molecule has 0 radical (unpaired) electrons. The molecule has 6 heteroatoms. The van der Waals surface area contributed by atoms with Crippen LogP contribution >= 0.6 is 0 Å². The number of likely N-dealkylation sites (tertiary alicyclic amines) is 1. The first-order valence-corrected chi connectivity index (χ1v) is 6.58. The molecule has 2 rings (SSSR count). The van der Waals surface area contributed by atoms with Crippen molar-refractivity contribution in [3.63, 3.8) is 0 Å². The average Bonchev–Trinajstić information content (AvgIpc) is 2.78. The van der Waals surface area contributed by atoms with Gasteiger partial charge in [0.05, 0.1) is 0 Å². The van der Waals surface area contributed by atoms with Crippen LogP contribution in [0.4, 0.5) is 4.39 Å². The van der Waals surface area contributed by atoms with Gasteiger partial charge < -0.3 is 15.6 Å². The number of carbonyl (C=O) groups is 1. The number of amides is 1. The molecular formula is C14H19FN2O3. The fourth-order valence-electron chi connectivity index (χ4n) is 2.27. The minimum Gasteiger partial charge on any atom is -0.491 e. The highest BCUT2D eigenvalue weighted by atomic mass is 19.1. The van der Waals surface area contributed by atoms with E-state index in [1.807, 2.05) is 4.90 Å². The zero-order chi connectivity index (χ0) is 14.6. The molecule has 1 aliphatic rings. The van der Waals surface area contributed by atoms with E-state index in [9.17, 15) is 14.3 Å². The van der Waals surface area contributed by atoms with Crippen LogP contribution in [0.25, 0.3) is 0 Å². The second-order valence-corrected chi connectivity index (χ2v) is 5.21. The summed E-state index contributed by atoms with van der Waals surface area (Å²) in [5.41, 5.74) is 4.16. The van der Waals surface area contributed by atoms with Crippen molar-refractivity contribution in [2.45, 2.75) is 18.4 Å². The number of nitrogens with two attached hydrogens (primary N) is 1. The average molecular weight is 282 g/mol. The number of benzene rings is 1. The normalized spacial score (nSPS) is 22.9. The van der Waals surface area contributed by atoms with Gasteiger partial charge in [-0.3, -0.25) is 9.69 Å². The Labute approximate surface area is 117 Å². The van der Waals surface area contributed by atoms with E-state index in [4.69, 9.17) is 10.5 Å². The largest absolute Gasteiger partial charge is 0.491 e. The molecule has 0 bridgehead atoms. The quantitative estimate of drug-likeness (QED) is 0.797. The van der Waals surface area contributed by atoms with E-state index in [0.29, 0.717) is 31.8 Å². The summed E-state index contributed by atoms with van der Waals surface area (Å²) in [6, 6.07) is 5.68. The van der Waals surface area contributed by atoms with Crippen molar-refractivity contribution in [3.05, 3.63) is 30.1 Å². The number of primary amides is 1. The predicted molar refractivity (Wildman–Crippen MR) is 71.7 cm³/mol. The first-order chi connectivity index (χ1) is 9.47. The molecule has 0 aromatic heterocycles. The van der Waals surface area contributed by atoms with Crippen molar-refractivity contribution in [1.29, 1.82) is 0 Å². The Morgan fingerprint density at radius 2 is 2.15 bits per heavy atom. The molecule has 1 saturated heterocycles. The highest BCUT2D eigenvalue weighted by Gasteiger charge is 2.36. The lowest BCUT2D eigenvalue weighted by molar-refractivity contribution is -0.118. The predicted octanol–water partition coefficient (Wildman–Crippen LogP) is 0.517. The number of hydrogen-bond acceptors (Lipinski definition) is 4. The molecule has 110 valence electrons. The summed E-state index contributed by atoms with van der Waals surface area (Å²) in [7, 11) is 0. The second kappa shape index (κ2) is 6.19. The van der Waals surface area contributed by atoms with Gasteiger partial charge in [-0.1, -0.05) is 0 Å². The Morgan fingerprint density at radius 3 is 2.80 bits per heavy atom. The van der Waals surface area contributed by atoms with E-state index in [1.165, 1.54) is 24.3 Å². The molecule has 1 heterocycles. The van der Waals surface area contributed by atoms with Crippen molar-refractivity contribution < 1.29 is 19.0 Å². The lowest BCUT2D eigenvalue weighted by atomic mass is 10.1.